The van der Waals surface area contributed by atoms with Crippen LogP contribution >= 0.6 is 0 Å². The van der Waals surface area contributed by atoms with Gasteiger partial charge in [0.25, 0.3) is 0 Å². The molecule has 0 saturated carbocycles. The molecule has 7 heteroatoms. The van der Waals surface area contributed by atoms with Crippen molar-refractivity contribution in [2.75, 3.05) is 18.4 Å². The summed E-state index contributed by atoms with van der Waals surface area (Å²) in [4.78, 5) is 30.7. The van der Waals surface area contributed by atoms with E-state index < -0.39 is 5.91 Å². The molecule has 0 aliphatic carbocycles. The Morgan fingerprint density at radius 2 is 1.97 bits per heavy atom. The Labute approximate surface area is 168 Å². The molecule has 1 aromatic heterocycles. The molecule has 0 bridgehead atoms. The van der Waals surface area contributed by atoms with Gasteiger partial charge in [-0.1, -0.05) is 12.1 Å². The number of nitrogens with zero attached hydrogens (tertiary/aromatic N) is 2. The van der Waals surface area contributed by atoms with E-state index in [0.29, 0.717) is 11.3 Å². The van der Waals surface area contributed by atoms with E-state index in [0.717, 1.165) is 42.9 Å². The monoisotopic (exact) mass is 392 g/mol. The van der Waals surface area contributed by atoms with Gasteiger partial charge in [-0.05, 0) is 62.7 Å². The summed E-state index contributed by atoms with van der Waals surface area (Å²) in [6, 6.07) is 14.0. The van der Waals surface area contributed by atoms with Crippen LogP contribution in [0.1, 0.15) is 41.9 Å². The topological polar surface area (TPSA) is 101 Å². The predicted molar refractivity (Wildman–Crippen MR) is 111 cm³/mol. The zero-order valence-electron chi connectivity index (χ0n) is 16.3. The smallest absolute Gasteiger partial charge is 0.248 e. The molecule has 150 valence electrons. The molecule has 4 rings (SSSR count). The number of carbonyl (C=O) groups is 2. The second-order valence-corrected chi connectivity index (χ2v) is 7.46. The quantitative estimate of drug-likeness (QED) is 0.695. The molecule has 0 spiro atoms. The van der Waals surface area contributed by atoms with E-state index >= 15 is 0 Å². The van der Waals surface area contributed by atoms with Crippen LogP contribution < -0.4 is 11.1 Å². The first-order chi connectivity index (χ1) is 14.0. The van der Waals surface area contributed by atoms with Crippen molar-refractivity contribution in [2.45, 2.75) is 31.7 Å². The molecule has 7 nitrogen and oxygen atoms in total. The summed E-state index contributed by atoms with van der Waals surface area (Å²) in [6.07, 6.45) is 1.97. The van der Waals surface area contributed by atoms with E-state index in [4.69, 9.17) is 10.2 Å². The number of hydrogen-bond donors (Lipinski definition) is 2. The summed E-state index contributed by atoms with van der Waals surface area (Å²) in [5, 5.41) is 2.91. The molecular weight excluding hydrogens is 368 g/mol. The van der Waals surface area contributed by atoms with Gasteiger partial charge in [0.2, 0.25) is 11.8 Å². The van der Waals surface area contributed by atoms with Crippen molar-refractivity contribution >= 4 is 28.6 Å². The summed E-state index contributed by atoms with van der Waals surface area (Å²) in [7, 11) is 0. The number of primary amides is 1. The van der Waals surface area contributed by atoms with Gasteiger partial charge in [0, 0.05) is 23.7 Å². The first-order valence-corrected chi connectivity index (χ1v) is 9.81. The van der Waals surface area contributed by atoms with Gasteiger partial charge in [-0.2, -0.15) is 0 Å². The molecule has 3 aromatic rings. The third-order valence-electron chi connectivity index (χ3n) is 5.48. The van der Waals surface area contributed by atoms with Gasteiger partial charge in [-0.15, -0.1) is 0 Å². The normalized spacial score (nSPS) is 18.4. The first kappa shape index (κ1) is 19.1. The number of amides is 2. The number of anilines is 1. The molecule has 2 atom stereocenters. The average molecular weight is 392 g/mol. The van der Waals surface area contributed by atoms with Crippen LogP contribution in [0.5, 0.6) is 0 Å². The lowest BCUT2D eigenvalue weighted by Gasteiger charge is -2.34. The fourth-order valence-electron chi connectivity index (χ4n) is 3.75. The SMILES string of the molecule is C[C@H](C(=O)Nc1ccc(C(N)=O)cc1)N1CCC[C@H](c2nc3ccccc3o2)C1. The standard InChI is InChI=1S/C22H24N4O3/c1-14(21(28)24-17-10-8-15(9-11-17)20(23)27)26-12-4-5-16(13-26)22-25-18-6-2-3-7-19(18)29-22/h2-3,6-11,14,16H,4-5,12-13H2,1H3,(H2,23,27)(H,24,28)/t14-,16+/m1/s1. The van der Waals surface area contributed by atoms with Crippen LogP contribution in [0.3, 0.4) is 0 Å². The number of hydrogen-bond acceptors (Lipinski definition) is 5. The fourth-order valence-corrected chi connectivity index (χ4v) is 3.75. The summed E-state index contributed by atoms with van der Waals surface area (Å²) in [5.74, 6) is 0.330. The number of nitrogens with one attached hydrogen (secondary N) is 1. The zero-order chi connectivity index (χ0) is 20.4. The number of benzene rings is 2. The van der Waals surface area contributed by atoms with Gasteiger partial charge < -0.3 is 15.5 Å². The van der Waals surface area contributed by atoms with Crippen LogP contribution in [0.4, 0.5) is 5.69 Å². The predicted octanol–water partition coefficient (Wildman–Crippen LogP) is 3.13. The van der Waals surface area contributed by atoms with Crippen molar-refractivity contribution in [1.29, 1.82) is 0 Å². The molecule has 2 amide bonds. The van der Waals surface area contributed by atoms with Gasteiger partial charge in [-0.3, -0.25) is 14.5 Å². The minimum Gasteiger partial charge on any atom is -0.440 e. The molecule has 2 heterocycles. The highest BCUT2D eigenvalue weighted by atomic mass is 16.3. The minimum absolute atomic E-state index is 0.0879. The summed E-state index contributed by atoms with van der Waals surface area (Å²) >= 11 is 0. The maximum atomic E-state index is 12.7. The van der Waals surface area contributed by atoms with Gasteiger partial charge in [0.1, 0.15) is 5.52 Å². The maximum absolute atomic E-state index is 12.7. The minimum atomic E-state index is -0.491. The highest BCUT2D eigenvalue weighted by Gasteiger charge is 2.30. The fraction of sp³-hybridized carbons (Fsp3) is 0.318. The Morgan fingerprint density at radius 1 is 1.21 bits per heavy atom. The van der Waals surface area contributed by atoms with Crippen LogP contribution in [-0.2, 0) is 4.79 Å². The number of oxazole rings is 1. The molecular formula is C22H24N4O3. The molecule has 3 N–H and O–H groups in total. The number of aromatic nitrogens is 1. The average Bonchev–Trinajstić information content (AvgIpc) is 3.18. The van der Waals surface area contributed by atoms with Crippen molar-refractivity contribution < 1.29 is 14.0 Å². The van der Waals surface area contributed by atoms with Crippen LogP contribution in [0.2, 0.25) is 0 Å². The molecule has 1 saturated heterocycles. The van der Waals surface area contributed by atoms with E-state index in [1.54, 1.807) is 24.3 Å². The highest BCUT2D eigenvalue weighted by molar-refractivity contribution is 5.96. The van der Waals surface area contributed by atoms with E-state index in [-0.39, 0.29) is 17.9 Å². The summed E-state index contributed by atoms with van der Waals surface area (Å²) in [5.41, 5.74) is 7.96. The van der Waals surface area contributed by atoms with E-state index in [1.807, 2.05) is 31.2 Å². The van der Waals surface area contributed by atoms with Crippen molar-refractivity contribution in [3.63, 3.8) is 0 Å². The van der Waals surface area contributed by atoms with E-state index in [9.17, 15) is 9.59 Å². The molecule has 1 fully saturated rings. The number of carbonyl (C=O) groups excluding carboxylic acids is 2. The number of para-hydroxylation sites is 2. The lowest BCUT2D eigenvalue weighted by molar-refractivity contribution is -0.121. The first-order valence-electron chi connectivity index (χ1n) is 9.81. The van der Waals surface area contributed by atoms with Crippen LogP contribution in [0, 0.1) is 0 Å². The van der Waals surface area contributed by atoms with E-state index in [2.05, 4.69) is 15.2 Å². The maximum Gasteiger partial charge on any atom is 0.248 e. The largest absolute Gasteiger partial charge is 0.440 e. The zero-order valence-corrected chi connectivity index (χ0v) is 16.3. The Bertz CT molecular complexity index is 995. The third-order valence-corrected chi connectivity index (χ3v) is 5.48. The van der Waals surface area contributed by atoms with Crippen molar-refractivity contribution in [3.05, 3.63) is 60.0 Å². The Morgan fingerprint density at radius 3 is 2.69 bits per heavy atom. The number of rotatable bonds is 5. The van der Waals surface area contributed by atoms with Crippen molar-refractivity contribution in [2.24, 2.45) is 5.73 Å². The van der Waals surface area contributed by atoms with Crippen LogP contribution in [-0.4, -0.2) is 40.8 Å². The molecule has 29 heavy (non-hydrogen) atoms. The molecule has 1 aliphatic heterocycles. The Kier molecular flexibility index (Phi) is 5.31. The Hall–Kier alpha value is -3.19. The number of piperidine rings is 1. The van der Waals surface area contributed by atoms with Crippen LogP contribution in [0.25, 0.3) is 11.1 Å². The number of nitrogens with two attached hydrogens (primary N) is 1. The van der Waals surface area contributed by atoms with Gasteiger partial charge in [-0.25, -0.2) is 4.98 Å². The third kappa shape index (κ3) is 4.14. The van der Waals surface area contributed by atoms with Gasteiger partial charge >= 0.3 is 0 Å². The summed E-state index contributed by atoms with van der Waals surface area (Å²) in [6.45, 7) is 3.48. The van der Waals surface area contributed by atoms with Crippen molar-refractivity contribution in [3.8, 4) is 0 Å². The molecule has 0 radical (unpaired) electrons. The van der Waals surface area contributed by atoms with E-state index in [1.165, 1.54) is 0 Å². The summed E-state index contributed by atoms with van der Waals surface area (Å²) < 4.78 is 5.95. The van der Waals surface area contributed by atoms with Gasteiger partial charge in [0.05, 0.1) is 6.04 Å². The number of fused-ring (bicyclic) bond motifs is 1. The second kappa shape index (κ2) is 8.05. The molecule has 2 aromatic carbocycles. The van der Waals surface area contributed by atoms with Gasteiger partial charge in [0.15, 0.2) is 11.5 Å². The molecule has 0 unspecified atom stereocenters. The lowest BCUT2D eigenvalue weighted by Crippen LogP contribution is -2.46. The number of likely N-dealkylation sites (tertiary alicyclic amines) is 1. The highest BCUT2D eigenvalue weighted by Crippen LogP contribution is 2.30. The lowest BCUT2D eigenvalue weighted by atomic mass is 9.96. The van der Waals surface area contributed by atoms with Crippen LogP contribution in [0.15, 0.2) is 52.9 Å². The Balaban J connectivity index is 1.41. The van der Waals surface area contributed by atoms with Crippen molar-refractivity contribution in [1.82, 2.24) is 9.88 Å². The second-order valence-electron chi connectivity index (χ2n) is 7.46. The molecule has 1 aliphatic rings.